The van der Waals surface area contributed by atoms with E-state index < -0.39 is 0 Å². The van der Waals surface area contributed by atoms with Crippen LogP contribution in [0.3, 0.4) is 0 Å². The maximum absolute atomic E-state index is 6.72. The second kappa shape index (κ2) is 13.4. The third-order valence-corrected chi connectivity index (χ3v) is 11.9. The van der Waals surface area contributed by atoms with E-state index in [1.807, 2.05) is 18.2 Å². The van der Waals surface area contributed by atoms with E-state index >= 15 is 0 Å². The summed E-state index contributed by atoms with van der Waals surface area (Å²) >= 11 is 0. The molecular weight excluding hydrogens is 719 g/mol. The average Bonchev–Trinajstić information content (AvgIpc) is 3.89. The van der Waals surface area contributed by atoms with E-state index in [-0.39, 0.29) is 0 Å². The van der Waals surface area contributed by atoms with E-state index in [4.69, 9.17) is 8.83 Å². The van der Waals surface area contributed by atoms with Crippen LogP contribution in [0.5, 0.6) is 0 Å². The van der Waals surface area contributed by atoms with Crippen LogP contribution >= 0.6 is 0 Å². The lowest BCUT2D eigenvalue weighted by molar-refractivity contribution is 0.669. The van der Waals surface area contributed by atoms with Gasteiger partial charge in [0.05, 0.1) is 11.4 Å². The number of para-hydroxylation sites is 5. The predicted molar refractivity (Wildman–Crippen MR) is 247 cm³/mol. The number of nitrogens with zero attached hydrogens (tertiary/aromatic N) is 1. The smallest absolute Gasteiger partial charge is 0.143 e. The van der Waals surface area contributed by atoms with E-state index in [1.165, 1.54) is 21.7 Å². The molecule has 3 heteroatoms. The van der Waals surface area contributed by atoms with Gasteiger partial charge in [0.1, 0.15) is 22.3 Å². The SMILES string of the molecule is c1ccc(-c2c(N(c3cccc(-c4cccc5c4oc4ccccc45)c3)c3ccccc3-c3cccc4c3oc3ccccc34)c3ccccc3c3ccccc23)cc1. The molecule has 59 heavy (non-hydrogen) atoms. The minimum absolute atomic E-state index is 0.873. The maximum Gasteiger partial charge on any atom is 0.143 e. The molecule has 10 aromatic carbocycles. The van der Waals surface area contributed by atoms with Crippen molar-refractivity contribution in [2.45, 2.75) is 0 Å². The van der Waals surface area contributed by atoms with Gasteiger partial charge in [-0.05, 0) is 57.6 Å². The summed E-state index contributed by atoms with van der Waals surface area (Å²) in [7, 11) is 0. The molecule has 276 valence electrons. The van der Waals surface area contributed by atoms with Crippen LogP contribution in [0.25, 0.3) is 98.8 Å². The van der Waals surface area contributed by atoms with Crippen molar-refractivity contribution in [2.75, 3.05) is 4.90 Å². The molecule has 12 rings (SSSR count). The highest BCUT2D eigenvalue weighted by Gasteiger charge is 2.27. The molecule has 0 radical (unpaired) electrons. The molecule has 0 spiro atoms. The fraction of sp³-hybridized carbons (Fsp3) is 0. The monoisotopic (exact) mass is 753 g/mol. The fourth-order valence-corrected chi connectivity index (χ4v) is 9.28. The average molecular weight is 754 g/mol. The van der Waals surface area contributed by atoms with Crippen LogP contribution in [0.2, 0.25) is 0 Å². The van der Waals surface area contributed by atoms with Gasteiger partial charge in [0, 0.05) is 54.9 Å². The lowest BCUT2D eigenvalue weighted by Gasteiger charge is -2.32. The van der Waals surface area contributed by atoms with Crippen molar-refractivity contribution in [3.8, 4) is 33.4 Å². The molecule has 0 saturated carbocycles. The van der Waals surface area contributed by atoms with Crippen LogP contribution in [0.1, 0.15) is 0 Å². The van der Waals surface area contributed by atoms with Crippen LogP contribution in [0.4, 0.5) is 17.1 Å². The topological polar surface area (TPSA) is 29.5 Å². The van der Waals surface area contributed by atoms with E-state index in [0.29, 0.717) is 0 Å². The molecule has 3 nitrogen and oxygen atoms in total. The van der Waals surface area contributed by atoms with Gasteiger partial charge < -0.3 is 13.7 Å². The van der Waals surface area contributed by atoms with E-state index in [9.17, 15) is 0 Å². The summed E-state index contributed by atoms with van der Waals surface area (Å²) in [5.74, 6) is 0. The Morgan fingerprint density at radius 1 is 0.305 bits per heavy atom. The highest BCUT2D eigenvalue weighted by atomic mass is 16.3. The lowest BCUT2D eigenvalue weighted by Crippen LogP contribution is -2.13. The molecule has 0 bridgehead atoms. The van der Waals surface area contributed by atoms with Gasteiger partial charge in [0.2, 0.25) is 0 Å². The van der Waals surface area contributed by atoms with Gasteiger partial charge in [0.15, 0.2) is 0 Å². The fourth-order valence-electron chi connectivity index (χ4n) is 9.28. The zero-order valence-corrected chi connectivity index (χ0v) is 32.0. The molecule has 0 amide bonds. The minimum Gasteiger partial charge on any atom is -0.455 e. The van der Waals surface area contributed by atoms with Crippen molar-refractivity contribution >= 4 is 82.5 Å². The molecule has 2 heterocycles. The van der Waals surface area contributed by atoms with Crippen LogP contribution in [-0.4, -0.2) is 0 Å². The molecule has 0 unspecified atom stereocenters. The van der Waals surface area contributed by atoms with Crippen LogP contribution in [-0.2, 0) is 0 Å². The van der Waals surface area contributed by atoms with Crippen molar-refractivity contribution in [1.29, 1.82) is 0 Å². The number of anilines is 3. The van der Waals surface area contributed by atoms with Gasteiger partial charge in [-0.15, -0.1) is 0 Å². The first-order valence-corrected chi connectivity index (χ1v) is 20.1. The molecule has 0 atom stereocenters. The van der Waals surface area contributed by atoms with E-state index in [1.54, 1.807) is 0 Å². The second-order valence-electron chi connectivity index (χ2n) is 15.1. The van der Waals surface area contributed by atoms with Crippen molar-refractivity contribution in [1.82, 2.24) is 0 Å². The Hall–Kier alpha value is -7.88. The van der Waals surface area contributed by atoms with Gasteiger partial charge >= 0.3 is 0 Å². The molecular formula is C56H35NO2. The third-order valence-electron chi connectivity index (χ3n) is 11.9. The van der Waals surface area contributed by atoms with E-state index in [2.05, 4.69) is 199 Å². The summed E-state index contributed by atoms with van der Waals surface area (Å²) in [4.78, 5) is 2.48. The standard InChI is InChI=1S/C56H35NO2/c1-2-17-36(18-3-1)53-45-26-6-4-21-40(45)41-22-5-7-27-46(41)54(53)57(38-20-14-19-37(35-38)39-28-15-30-48-43-24-9-12-33-51(43)58-55(39)48)50-32-11-8-23-42(50)47-29-16-31-49-44-25-10-13-34-52(44)59-56(47)49/h1-35H. The molecule has 0 aliphatic heterocycles. The zero-order valence-electron chi connectivity index (χ0n) is 32.0. The normalized spacial score (nSPS) is 11.7. The number of hydrogen-bond donors (Lipinski definition) is 0. The molecule has 2 aromatic heterocycles. The number of hydrogen-bond acceptors (Lipinski definition) is 3. The Morgan fingerprint density at radius 3 is 1.49 bits per heavy atom. The van der Waals surface area contributed by atoms with Crippen molar-refractivity contribution in [3.05, 3.63) is 212 Å². The highest BCUT2D eigenvalue weighted by molar-refractivity contribution is 6.23. The first-order valence-electron chi connectivity index (χ1n) is 20.1. The van der Waals surface area contributed by atoms with Gasteiger partial charge in [0.25, 0.3) is 0 Å². The first-order chi connectivity index (χ1) is 29.3. The predicted octanol–water partition coefficient (Wildman–Crippen LogP) is 16.3. The molecule has 0 N–H and O–H groups in total. The molecule has 0 saturated heterocycles. The number of fused-ring (bicyclic) bond motifs is 9. The van der Waals surface area contributed by atoms with Crippen molar-refractivity contribution in [3.63, 3.8) is 0 Å². The minimum atomic E-state index is 0.873. The van der Waals surface area contributed by atoms with E-state index in [0.717, 1.165) is 94.1 Å². The Bertz CT molecular complexity index is 3580. The summed E-state index contributed by atoms with van der Waals surface area (Å²) < 4.78 is 13.3. The van der Waals surface area contributed by atoms with Gasteiger partial charge in [-0.3, -0.25) is 0 Å². The summed E-state index contributed by atoms with van der Waals surface area (Å²) in [6.07, 6.45) is 0. The second-order valence-corrected chi connectivity index (χ2v) is 15.1. The Labute approximate surface area is 340 Å². The van der Waals surface area contributed by atoms with Crippen molar-refractivity contribution in [2.24, 2.45) is 0 Å². The van der Waals surface area contributed by atoms with Gasteiger partial charge in [-0.2, -0.15) is 0 Å². The highest BCUT2D eigenvalue weighted by Crippen LogP contribution is 2.52. The zero-order chi connectivity index (χ0) is 38.9. The number of rotatable bonds is 6. The third kappa shape index (κ3) is 5.22. The van der Waals surface area contributed by atoms with Crippen LogP contribution < -0.4 is 4.90 Å². The van der Waals surface area contributed by atoms with Gasteiger partial charge in [-0.1, -0.05) is 182 Å². The Kier molecular flexibility index (Phi) is 7.54. The molecule has 12 aromatic rings. The molecule has 0 fully saturated rings. The van der Waals surface area contributed by atoms with Crippen LogP contribution in [0.15, 0.2) is 221 Å². The maximum atomic E-state index is 6.72. The largest absolute Gasteiger partial charge is 0.455 e. The lowest BCUT2D eigenvalue weighted by atomic mass is 9.89. The summed E-state index contributed by atoms with van der Waals surface area (Å²) in [5, 5.41) is 9.20. The summed E-state index contributed by atoms with van der Waals surface area (Å²) in [5.41, 5.74) is 13.2. The number of benzene rings is 10. The first kappa shape index (κ1) is 33.3. The van der Waals surface area contributed by atoms with Crippen molar-refractivity contribution < 1.29 is 8.83 Å². The van der Waals surface area contributed by atoms with Crippen LogP contribution in [0, 0.1) is 0 Å². The summed E-state index contributed by atoms with van der Waals surface area (Å²) in [6, 6.07) is 75.8. The van der Waals surface area contributed by atoms with Gasteiger partial charge in [-0.25, -0.2) is 0 Å². The molecule has 0 aliphatic rings. The number of furan rings is 2. The Balaban J connectivity index is 1.20. The molecule has 0 aliphatic carbocycles. The summed E-state index contributed by atoms with van der Waals surface area (Å²) in [6.45, 7) is 0. The quantitative estimate of drug-likeness (QED) is 0.158. The Morgan fingerprint density at radius 2 is 0.780 bits per heavy atom.